The fourth-order valence-electron chi connectivity index (χ4n) is 3.25. The number of hydrogen-bond donors (Lipinski definition) is 1. The van der Waals surface area contributed by atoms with Gasteiger partial charge >= 0.3 is 0 Å². The summed E-state index contributed by atoms with van der Waals surface area (Å²) in [5.74, 6) is 1.24. The minimum Gasteiger partial charge on any atom is -0.486 e. The second-order valence-electron chi connectivity index (χ2n) is 6.30. The van der Waals surface area contributed by atoms with Crippen LogP contribution in [0, 0.1) is 0 Å². The Bertz CT molecular complexity index is 611. The number of rotatable bonds is 5. The van der Waals surface area contributed by atoms with Gasteiger partial charge in [0.2, 0.25) is 11.8 Å². The second-order valence-corrected chi connectivity index (χ2v) is 6.30. The number of benzene rings is 1. The van der Waals surface area contributed by atoms with Crippen molar-refractivity contribution in [3.63, 3.8) is 0 Å². The smallest absolute Gasteiger partial charge is 0.223 e. The normalized spacial score (nSPS) is 16.7. The number of hydrogen-bond acceptors (Lipinski definition) is 4. The largest absolute Gasteiger partial charge is 0.486 e. The molecule has 1 aromatic carbocycles. The van der Waals surface area contributed by atoms with Crippen LogP contribution >= 0.6 is 0 Å². The van der Waals surface area contributed by atoms with E-state index in [4.69, 9.17) is 9.47 Å². The summed E-state index contributed by atoms with van der Waals surface area (Å²) in [5, 5.41) is 3.05. The molecule has 6 nitrogen and oxygen atoms in total. The molecule has 6 heteroatoms. The first-order chi connectivity index (χ1) is 11.6. The predicted molar refractivity (Wildman–Crippen MR) is 90.5 cm³/mol. The third kappa shape index (κ3) is 3.99. The molecule has 1 N–H and O–H groups in total. The van der Waals surface area contributed by atoms with Crippen molar-refractivity contribution in [2.45, 2.75) is 45.1 Å². The molecule has 0 bridgehead atoms. The highest BCUT2D eigenvalue weighted by atomic mass is 16.6. The van der Waals surface area contributed by atoms with Crippen molar-refractivity contribution >= 4 is 17.5 Å². The van der Waals surface area contributed by atoms with E-state index in [9.17, 15) is 9.59 Å². The maximum atomic E-state index is 12.1. The SMILES string of the molecule is CC(=O)N(CCC(=O)NC1CCCC1)c1ccc2c(c1)OCCO2. The van der Waals surface area contributed by atoms with Crippen molar-refractivity contribution in [1.29, 1.82) is 0 Å². The highest BCUT2D eigenvalue weighted by Crippen LogP contribution is 2.34. The van der Waals surface area contributed by atoms with Crippen LogP contribution in [0.25, 0.3) is 0 Å². The average Bonchev–Trinajstić information content (AvgIpc) is 3.07. The Hall–Kier alpha value is -2.24. The molecule has 0 saturated heterocycles. The molecule has 2 aliphatic rings. The number of amides is 2. The van der Waals surface area contributed by atoms with Crippen LogP contribution < -0.4 is 19.7 Å². The number of anilines is 1. The summed E-state index contributed by atoms with van der Waals surface area (Å²) in [5.41, 5.74) is 0.723. The lowest BCUT2D eigenvalue weighted by Crippen LogP contribution is -2.37. The fourth-order valence-corrected chi connectivity index (χ4v) is 3.25. The standard InChI is InChI=1S/C18H24N2O4/c1-13(21)20(9-8-18(22)19-14-4-2-3-5-14)15-6-7-16-17(12-15)24-11-10-23-16/h6-7,12,14H,2-5,8-11H2,1H3,(H,19,22). The zero-order valence-corrected chi connectivity index (χ0v) is 14.0. The number of fused-ring (bicyclic) bond motifs is 1. The molecule has 0 spiro atoms. The number of carbonyl (C=O) groups is 2. The molecular weight excluding hydrogens is 308 g/mol. The van der Waals surface area contributed by atoms with Gasteiger partial charge < -0.3 is 19.7 Å². The number of nitrogens with zero attached hydrogens (tertiary/aromatic N) is 1. The molecule has 0 radical (unpaired) electrons. The molecule has 24 heavy (non-hydrogen) atoms. The number of carbonyl (C=O) groups excluding carboxylic acids is 2. The fraction of sp³-hybridized carbons (Fsp3) is 0.556. The third-order valence-corrected chi connectivity index (χ3v) is 4.50. The Labute approximate surface area is 142 Å². The molecule has 0 atom stereocenters. The second kappa shape index (κ2) is 7.55. The maximum absolute atomic E-state index is 12.1. The molecule has 2 amide bonds. The Balaban J connectivity index is 1.62. The highest BCUT2D eigenvalue weighted by Gasteiger charge is 2.20. The van der Waals surface area contributed by atoms with E-state index >= 15 is 0 Å². The Morgan fingerprint density at radius 3 is 2.58 bits per heavy atom. The van der Waals surface area contributed by atoms with Crippen molar-refractivity contribution < 1.29 is 19.1 Å². The van der Waals surface area contributed by atoms with Gasteiger partial charge in [0.25, 0.3) is 0 Å². The van der Waals surface area contributed by atoms with Gasteiger partial charge in [-0.1, -0.05) is 12.8 Å². The Kier molecular flexibility index (Phi) is 5.23. The van der Waals surface area contributed by atoms with Gasteiger partial charge in [0.15, 0.2) is 11.5 Å². The first kappa shape index (κ1) is 16.6. The minimum atomic E-state index is -0.0969. The van der Waals surface area contributed by atoms with Gasteiger partial charge in [0.1, 0.15) is 13.2 Å². The molecule has 1 fully saturated rings. The van der Waals surface area contributed by atoms with E-state index in [0.717, 1.165) is 18.5 Å². The lowest BCUT2D eigenvalue weighted by atomic mass is 10.2. The van der Waals surface area contributed by atoms with E-state index in [1.165, 1.54) is 19.8 Å². The first-order valence-corrected chi connectivity index (χ1v) is 8.60. The summed E-state index contributed by atoms with van der Waals surface area (Å²) < 4.78 is 11.1. The summed E-state index contributed by atoms with van der Waals surface area (Å²) in [4.78, 5) is 25.7. The van der Waals surface area contributed by atoms with E-state index < -0.39 is 0 Å². The summed E-state index contributed by atoms with van der Waals surface area (Å²) in [6.45, 7) is 2.89. The molecule has 1 aliphatic heterocycles. The zero-order valence-electron chi connectivity index (χ0n) is 14.0. The van der Waals surface area contributed by atoms with Gasteiger partial charge in [-0.15, -0.1) is 0 Å². The molecule has 130 valence electrons. The maximum Gasteiger partial charge on any atom is 0.223 e. The topological polar surface area (TPSA) is 67.9 Å². The van der Waals surface area contributed by atoms with Crippen LogP contribution in [0.15, 0.2) is 18.2 Å². The van der Waals surface area contributed by atoms with E-state index in [-0.39, 0.29) is 11.8 Å². The molecule has 0 unspecified atom stereocenters. The van der Waals surface area contributed by atoms with Crippen LogP contribution in [0.5, 0.6) is 11.5 Å². The average molecular weight is 332 g/mol. The molecule has 0 aromatic heterocycles. The van der Waals surface area contributed by atoms with E-state index in [1.54, 1.807) is 17.0 Å². The van der Waals surface area contributed by atoms with E-state index in [1.807, 2.05) is 6.07 Å². The van der Waals surface area contributed by atoms with Gasteiger partial charge in [-0.2, -0.15) is 0 Å². The van der Waals surface area contributed by atoms with Crippen molar-refractivity contribution in [2.75, 3.05) is 24.7 Å². The van der Waals surface area contributed by atoms with Gasteiger partial charge in [0, 0.05) is 37.7 Å². The van der Waals surface area contributed by atoms with E-state index in [0.29, 0.717) is 43.7 Å². The molecule has 3 rings (SSSR count). The summed E-state index contributed by atoms with van der Waals surface area (Å²) >= 11 is 0. The monoisotopic (exact) mass is 332 g/mol. The van der Waals surface area contributed by atoms with Gasteiger partial charge in [-0.25, -0.2) is 0 Å². The van der Waals surface area contributed by atoms with Crippen LogP contribution in [-0.2, 0) is 9.59 Å². The van der Waals surface area contributed by atoms with Crippen LogP contribution in [-0.4, -0.2) is 37.6 Å². The van der Waals surface area contributed by atoms with Crippen molar-refractivity contribution in [3.05, 3.63) is 18.2 Å². The lowest BCUT2D eigenvalue weighted by Gasteiger charge is -2.24. The highest BCUT2D eigenvalue weighted by molar-refractivity contribution is 5.92. The summed E-state index contributed by atoms with van der Waals surface area (Å²) in [6.07, 6.45) is 4.78. The van der Waals surface area contributed by atoms with Crippen molar-refractivity contribution in [2.24, 2.45) is 0 Å². The first-order valence-electron chi connectivity index (χ1n) is 8.60. The molecule has 1 aliphatic carbocycles. The van der Waals surface area contributed by atoms with Gasteiger partial charge in [-0.3, -0.25) is 9.59 Å². The molecule has 1 aromatic rings. The molecule has 1 saturated carbocycles. The summed E-state index contributed by atoms with van der Waals surface area (Å²) in [7, 11) is 0. The minimum absolute atomic E-state index is 0.00527. The van der Waals surface area contributed by atoms with Crippen LogP contribution in [0.4, 0.5) is 5.69 Å². The Morgan fingerprint density at radius 2 is 1.88 bits per heavy atom. The van der Waals surface area contributed by atoms with E-state index in [2.05, 4.69) is 5.32 Å². The van der Waals surface area contributed by atoms with Crippen molar-refractivity contribution in [1.82, 2.24) is 5.32 Å². The lowest BCUT2D eigenvalue weighted by molar-refractivity contribution is -0.121. The Morgan fingerprint density at radius 1 is 1.17 bits per heavy atom. The van der Waals surface area contributed by atoms with Gasteiger partial charge in [-0.05, 0) is 25.0 Å². The molecule has 1 heterocycles. The quantitative estimate of drug-likeness (QED) is 0.898. The predicted octanol–water partition coefficient (Wildman–Crippen LogP) is 2.26. The van der Waals surface area contributed by atoms with Crippen LogP contribution in [0.2, 0.25) is 0 Å². The third-order valence-electron chi connectivity index (χ3n) is 4.50. The summed E-state index contributed by atoms with van der Waals surface area (Å²) in [6, 6.07) is 5.73. The van der Waals surface area contributed by atoms with Gasteiger partial charge in [0.05, 0.1) is 0 Å². The molecular formula is C18H24N2O4. The zero-order chi connectivity index (χ0) is 16.9. The number of ether oxygens (including phenoxy) is 2. The van der Waals surface area contributed by atoms with Crippen LogP contribution in [0.3, 0.4) is 0 Å². The van der Waals surface area contributed by atoms with Crippen LogP contribution in [0.1, 0.15) is 39.0 Å². The number of nitrogens with one attached hydrogen (secondary N) is 1. The van der Waals surface area contributed by atoms with Crippen molar-refractivity contribution in [3.8, 4) is 11.5 Å².